The van der Waals surface area contributed by atoms with Gasteiger partial charge in [-0.3, -0.25) is 0 Å². The molecule has 0 fully saturated rings. The van der Waals surface area contributed by atoms with Crippen molar-refractivity contribution in [2.45, 2.75) is 41.1 Å². The Kier molecular flexibility index (Phi) is 9.25. The number of benzene rings is 3. The molecule has 0 radical (unpaired) electrons. The van der Waals surface area contributed by atoms with E-state index in [9.17, 15) is 13.2 Å². The first-order chi connectivity index (χ1) is 18.1. The second-order valence-corrected chi connectivity index (χ2v) is 14.9. The fourth-order valence-corrected chi connectivity index (χ4v) is 8.67. The molecule has 0 heterocycles. The Labute approximate surface area is 234 Å². The van der Waals surface area contributed by atoms with Gasteiger partial charge in [-0.25, -0.2) is 8.42 Å². The van der Waals surface area contributed by atoms with E-state index >= 15 is 0 Å². The number of nitrogens with zero attached hydrogens (tertiary/aromatic N) is 2. The van der Waals surface area contributed by atoms with Gasteiger partial charge in [0.2, 0.25) is 0 Å². The van der Waals surface area contributed by atoms with Crippen LogP contribution in [0.15, 0.2) is 87.5 Å². The minimum Gasteiger partial charge on any atom is -0.482 e. The van der Waals surface area contributed by atoms with E-state index in [4.69, 9.17) is 13.1 Å². The molecule has 0 spiro atoms. The third-order valence-corrected chi connectivity index (χ3v) is 10.1. The molecule has 0 N–H and O–H groups in total. The van der Waals surface area contributed by atoms with Crippen LogP contribution in [0.1, 0.15) is 20.8 Å². The molecular weight excluding hydrogens is 536 g/mol. The number of hydrogen-bond donors (Lipinski definition) is 0. The molecule has 0 aliphatic heterocycles. The van der Waals surface area contributed by atoms with E-state index in [1.165, 1.54) is 0 Å². The first kappa shape index (κ1) is 30.3. The maximum absolute atomic E-state index is 12.8. The van der Waals surface area contributed by atoms with Crippen molar-refractivity contribution in [3.63, 3.8) is 0 Å². The number of carbonyl (C=O) groups excluding carboxylic acids is 1. The van der Waals surface area contributed by atoms with E-state index in [1.54, 1.807) is 39.0 Å². The third-order valence-electron chi connectivity index (χ3n) is 5.51. The molecular formula is C29H38N2O6S2. The highest BCUT2D eigenvalue weighted by Gasteiger charge is 2.37. The van der Waals surface area contributed by atoms with Gasteiger partial charge in [0.1, 0.15) is 11.4 Å². The first-order valence-electron chi connectivity index (χ1n) is 12.3. The van der Waals surface area contributed by atoms with Crippen molar-refractivity contribution in [3.8, 4) is 5.75 Å². The Bertz CT molecular complexity index is 1330. The maximum Gasteiger partial charge on any atom is 0.344 e. The smallest absolute Gasteiger partial charge is 0.344 e. The van der Waals surface area contributed by atoms with E-state index in [-0.39, 0.29) is 6.61 Å². The summed E-state index contributed by atoms with van der Waals surface area (Å²) in [6, 6.07) is 22.3. The first-order valence-corrected chi connectivity index (χ1v) is 15.7. The predicted octanol–water partition coefficient (Wildman–Crippen LogP) is 5.71. The lowest BCUT2D eigenvalue weighted by molar-refractivity contribution is -0.157. The van der Waals surface area contributed by atoms with Gasteiger partial charge in [-0.1, -0.05) is 6.07 Å². The van der Waals surface area contributed by atoms with Crippen LogP contribution < -0.4 is 14.5 Å². The largest absolute Gasteiger partial charge is 0.482 e. The Morgan fingerprint density at radius 1 is 0.769 bits per heavy atom. The summed E-state index contributed by atoms with van der Waals surface area (Å²) in [5.74, 6) is -0.111. The van der Waals surface area contributed by atoms with E-state index in [1.807, 2.05) is 92.6 Å². The zero-order valence-electron chi connectivity index (χ0n) is 23.8. The van der Waals surface area contributed by atoms with Crippen molar-refractivity contribution in [2.75, 3.05) is 50.9 Å². The fraction of sp³-hybridized carbons (Fsp3) is 0.345. The van der Waals surface area contributed by atoms with Gasteiger partial charge in [0, 0.05) is 54.3 Å². The normalized spacial score (nSPS) is 12.5. The summed E-state index contributed by atoms with van der Waals surface area (Å²) in [4.78, 5) is 18.2. The van der Waals surface area contributed by atoms with Crippen LogP contribution in [0.4, 0.5) is 11.4 Å². The molecule has 0 aliphatic rings. The van der Waals surface area contributed by atoms with Gasteiger partial charge in [0.05, 0.1) is 6.26 Å². The summed E-state index contributed by atoms with van der Waals surface area (Å²) in [5.41, 5.74) is 1.29. The lowest BCUT2D eigenvalue weighted by Crippen LogP contribution is -2.27. The Morgan fingerprint density at radius 3 is 1.67 bits per heavy atom. The highest BCUT2D eigenvalue weighted by molar-refractivity contribution is 8.33. The summed E-state index contributed by atoms with van der Waals surface area (Å²) in [5, 5.41) is 0. The quantitative estimate of drug-likeness (QED) is 0.285. The van der Waals surface area contributed by atoms with E-state index < -0.39 is 32.0 Å². The number of anilines is 2. The van der Waals surface area contributed by atoms with Gasteiger partial charge in [0.25, 0.3) is 10.1 Å². The van der Waals surface area contributed by atoms with Crippen LogP contribution in [0.25, 0.3) is 0 Å². The SMILES string of the molecule is CN(C)c1ccc(S(OS(C)(=O)=O)(c2ccc(N(C)C)cc2)c2cccc(OCC(=O)OC(C)(C)C)c2)cc1. The number of rotatable bonds is 10. The molecule has 0 atom stereocenters. The zero-order chi connectivity index (χ0) is 29.0. The van der Waals surface area contributed by atoms with Crippen LogP contribution in [0.2, 0.25) is 0 Å². The van der Waals surface area contributed by atoms with Crippen molar-refractivity contribution in [2.24, 2.45) is 0 Å². The van der Waals surface area contributed by atoms with Crippen LogP contribution in [0, 0.1) is 0 Å². The summed E-state index contributed by atoms with van der Waals surface area (Å²) < 4.78 is 42.9. The predicted molar refractivity (Wildman–Crippen MR) is 158 cm³/mol. The van der Waals surface area contributed by atoms with Crippen molar-refractivity contribution in [3.05, 3.63) is 72.8 Å². The van der Waals surface area contributed by atoms with Crippen molar-refractivity contribution >= 4 is 37.8 Å². The maximum atomic E-state index is 12.8. The molecule has 0 saturated heterocycles. The second-order valence-electron chi connectivity index (χ2n) is 10.5. The number of hydrogen-bond acceptors (Lipinski definition) is 8. The van der Waals surface area contributed by atoms with Gasteiger partial charge in [-0.15, -0.1) is 0 Å². The molecule has 3 aromatic carbocycles. The number of esters is 1. The van der Waals surface area contributed by atoms with Crippen molar-refractivity contribution in [1.29, 1.82) is 0 Å². The van der Waals surface area contributed by atoms with Crippen molar-refractivity contribution in [1.82, 2.24) is 0 Å². The van der Waals surface area contributed by atoms with Gasteiger partial charge < -0.3 is 19.3 Å². The summed E-state index contributed by atoms with van der Waals surface area (Å²) in [7, 11) is 1.03. The van der Waals surface area contributed by atoms with E-state index in [0.717, 1.165) is 17.6 Å². The van der Waals surface area contributed by atoms with Gasteiger partial charge in [-0.2, -0.15) is 8.42 Å². The van der Waals surface area contributed by atoms with Crippen LogP contribution >= 0.6 is 10.3 Å². The number of ether oxygens (including phenoxy) is 2. The molecule has 212 valence electrons. The number of carbonyl (C=O) groups is 1. The molecule has 0 aromatic heterocycles. The highest BCUT2D eigenvalue weighted by Crippen LogP contribution is 2.70. The molecule has 0 saturated carbocycles. The zero-order valence-corrected chi connectivity index (χ0v) is 25.4. The highest BCUT2D eigenvalue weighted by atomic mass is 32.3. The van der Waals surface area contributed by atoms with Gasteiger partial charge in [0.15, 0.2) is 6.61 Å². The molecule has 0 unspecified atom stereocenters. The molecule has 39 heavy (non-hydrogen) atoms. The molecule has 0 bridgehead atoms. The molecule has 0 amide bonds. The van der Waals surface area contributed by atoms with Gasteiger partial charge in [-0.05, 0) is 97.8 Å². The van der Waals surface area contributed by atoms with Crippen LogP contribution in [0.5, 0.6) is 5.75 Å². The minimum atomic E-state index is -3.94. The van der Waals surface area contributed by atoms with E-state index in [2.05, 4.69) is 0 Å². The average Bonchev–Trinajstić information content (AvgIpc) is 2.85. The van der Waals surface area contributed by atoms with Crippen molar-refractivity contribution < 1.29 is 26.3 Å². The summed E-state index contributed by atoms with van der Waals surface area (Å²) >= 11 is 0. The second kappa shape index (κ2) is 11.9. The van der Waals surface area contributed by atoms with E-state index in [0.29, 0.717) is 20.4 Å². The summed E-state index contributed by atoms with van der Waals surface area (Å²) in [6.45, 7) is 5.07. The topological polar surface area (TPSA) is 85.4 Å². The van der Waals surface area contributed by atoms with Crippen LogP contribution in [0.3, 0.4) is 0 Å². The summed E-state index contributed by atoms with van der Waals surface area (Å²) in [6.07, 6.45) is 1.06. The molecule has 8 nitrogen and oxygen atoms in total. The van der Waals surface area contributed by atoms with Crippen LogP contribution in [-0.4, -0.2) is 61.0 Å². The fourth-order valence-electron chi connectivity index (χ4n) is 3.84. The average molecular weight is 575 g/mol. The monoisotopic (exact) mass is 574 g/mol. The minimum absolute atomic E-state index is 0.287. The standard InChI is InChI=1S/C29H38N2O6S2/c1-29(2,3)36-28(32)21-35-24-10-9-11-27(20-24)39(37-38(8,33)34,25-16-12-22(13-17-25)30(4)5)26-18-14-23(15-19-26)31(6)7/h9-20H,21H2,1-8H3. The Hall–Kier alpha value is -3.21. The molecule has 10 heteroatoms. The Morgan fingerprint density at radius 2 is 1.26 bits per heavy atom. The lowest BCUT2D eigenvalue weighted by atomic mass is 10.2. The molecule has 0 aliphatic carbocycles. The van der Waals surface area contributed by atoms with Gasteiger partial charge >= 0.3 is 5.97 Å². The van der Waals surface area contributed by atoms with Crippen LogP contribution in [-0.2, 0) is 23.3 Å². The molecule has 3 rings (SSSR count). The lowest BCUT2D eigenvalue weighted by Gasteiger charge is -2.39. The molecule has 3 aromatic rings. The third kappa shape index (κ3) is 7.90. The Balaban J connectivity index is 2.20.